The highest BCUT2D eigenvalue weighted by molar-refractivity contribution is 5.94. The summed E-state index contributed by atoms with van der Waals surface area (Å²) in [5.41, 5.74) is 22.0. The minimum absolute atomic E-state index is 0.0650. The first-order valence-corrected chi connectivity index (χ1v) is 11.6. The maximum atomic E-state index is 13.1. The van der Waals surface area contributed by atoms with Crippen LogP contribution in [0.5, 0.6) is 0 Å². The molecular weight excluding hydrogens is 460 g/mol. The highest BCUT2D eigenvalue weighted by Crippen LogP contribution is 2.07. The van der Waals surface area contributed by atoms with E-state index >= 15 is 0 Å². The van der Waals surface area contributed by atoms with Gasteiger partial charge in [-0.05, 0) is 51.5 Å². The Morgan fingerprint density at radius 2 is 1.37 bits per heavy atom. The molecule has 5 atom stereocenters. The average Bonchev–Trinajstić information content (AvgIpc) is 2.77. The number of carboxylic acid groups (broad SMARTS) is 1. The molecule has 0 aromatic rings. The Hall–Kier alpha value is -2.97. The zero-order valence-corrected chi connectivity index (χ0v) is 20.7. The molecule has 202 valence electrons. The summed E-state index contributed by atoms with van der Waals surface area (Å²) in [5, 5.41) is 26.3. The summed E-state index contributed by atoms with van der Waals surface area (Å²) in [6, 6.07) is -4.58. The van der Waals surface area contributed by atoms with E-state index in [0.29, 0.717) is 19.4 Å². The molecule has 0 aliphatic rings. The number of nitrogens with one attached hydrogen (secondary N) is 3. The highest BCUT2D eigenvalue weighted by atomic mass is 16.4. The SMILES string of the molecule is CC(C)C(N)C(=O)NC(CCCCN)C(=O)NC(CCCN=C(N)N)C(=O)NC(C(=O)O)C(C)O. The molecule has 0 heterocycles. The van der Waals surface area contributed by atoms with Gasteiger partial charge >= 0.3 is 5.97 Å². The summed E-state index contributed by atoms with van der Waals surface area (Å²) in [4.78, 5) is 53.6. The molecule has 0 saturated carbocycles. The summed E-state index contributed by atoms with van der Waals surface area (Å²) in [5.74, 6) is -3.71. The number of rotatable bonds is 17. The summed E-state index contributed by atoms with van der Waals surface area (Å²) < 4.78 is 0. The van der Waals surface area contributed by atoms with E-state index in [1.807, 2.05) is 0 Å². The number of hydrogen-bond acceptors (Lipinski definition) is 8. The third-order valence-electron chi connectivity index (χ3n) is 5.23. The zero-order chi connectivity index (χ0) is 27.1. The van der Waals surface area contributed by atoms with Gasteiger partial charge in [0.1, 0.15) is 12.1 Å². The lowest BCUT2D eigenvalue weighted by Crippen LogP contribution is -2.58. The molecule has 0 radical (unpaired) electrons. The third kappa shape index (κ3) is 12.9. The molecular formula is C21H42N8O6. The summed E-state index contributed by atoms with van der Waals surface area (Å²) >= 11 is 0. The van der Waals surface area contributed by atoms with E-state index in [0.717, 1.165) is 0 Å². The zero-order valence-electron chi connectivity index (χ0n) is 20.7. The van der Waals surface area contributed by atoms with Crippen LogP contribution >= 0.6 is 0 Å². The van der Waals surface area contributed by atoms with Crippen molar-refractivity contribution in [2.75, 3.05) is 13.1 Å². The van der Waals surface area contributed by atoms with Crippen LogP contribution < -0.4 is 38.9 Å². The molecule has 0 aromatic carbocycles. The van der Waals surface area contributed by atoms with E-state index in [1.54, 1.807) is 13.8 Å². The van der Waals surface area contributed by atoms with Crippen LogP contribution in [0.1, 0.15) is 52.9 Å². The number of amides is 3. The Morgan fingerprint density at radius 3 is 1.83 bits per heavy atom. The third-order valence-corrected chi connectivity index (χ3v) is 5.23. The number of carbonyl (C=O) groups is 4. The van der Waals surface area contributed by atoms with Gasteiger partial charge in [0.25, 0.3) is 0 Å². The molecule has 0 rings (SSSR count). The average molecular weight is 503 g/mol. The first kappa shape index (κ1) is 32.0. The van der Waals surface area contributed by atoms with Crippen LogP contribution in [0.15, 0.2) is 4.99 Å². The standard InChI is InChI=1S/C21H42N8O6/c1-11(2)15(23)19(33)28-13(7-4-5-9-22)17(31)27-14(8-6-10-26-21(24)25)18(32)29-16(12(3)30)20(34)35/h11-16,30H,4-10,22-23H2,1-3H3,(H,27,31)(H,28,33)(H,29,32)(H,34,35)(H4,24,25,26). The fraction of sp³-hybridized carbons (Fsp3) is 0.762. The number of aliphatic hydroxyl groups excluding tert-OH is 1. The van der Waals surface area contributed by atoms with Gasteiger partial charge in [-0.2, -0.15) is 0 Å². The normalized spacial score (nSPS) is 15.3. The van der Waals surface area contributed by atoms with E-state index in [1.165, 1.54) is 6.92 Å². The lowest BCUT2D eigenvalue weighted by molar-refractivity contribution is -0.145. The molecule has 0 fully saturated rings. The Labute approximate surface area is 205 Å². The summed E-state index contributed by atoms with van der Waals surface area (Å²) in [7, 11) is 0. The maximum Gasteiger partial charge on any atom is 0.328 e. The van der Waals surface area contributed by atoms with Crippen molar-refractivity contribution in [2.24, 2.45) is 33.8 Å². The van der Waals surface area contributed by atoms with Gasteiger partial charge in [0.2, 0.25) is 17.7 Å². The van der Waals surface area contributed by atoms with Crippen LogP contribution in [0.3, 0.4) is 0 Å². The smallest absolute Gasteiger partial charge is 0.328 e. The molecule has 0 aliphatic carbocycles. The van der Waals surface area contributed by atoms with Gasteiger partial charge in [-0.25, -0.2) is 4.79 Å². The van der Waals surface area contributed by atoms with Crippen molar-refractivity contribution in [3.05, 3.63) is 0 Å². The first-order valence-electron chi connectivity index (χ1n) is 11.6. The first-order chi connectivity index (χ1) is 16.3. The minimum atomic E-state index is -1.58. The van der Waals surface area contributed by atoms with Crippen molar-refractivity contribution < 1.29 is 29.4 Å². The van der Waals surface area contributed by atoms with Crippen LogP contribution in [0.25, 0.3) is 0 Å². The number of carboxylic acids is 1. The van der Waals surface area contributed by atoms with Gasteiger partial charge in [0.05, 0.1) is 12.1 Å². The highest BCUT2D eigenvalue weighted by Gasteiger charge is 2.31. The van der Waals surface area contributed by atoms with E-state index < -0.39 is 54.0 Å². The number of hydrogen-bond donors (Lipinski definition) is 9. The second-order valence-electron chi connectivity index (χ2n) is 8.69. The number of carbonyl (C=O) groups excluding carboxylic acids is 3. The fourth-order valence-electron chi connectivity index (χ4n) is 3.02. The molecule has 14 heteroatoms. The van der Waals surface area contributed by atoms with Crippen LogP contribution in [-0.2, 0) is 19.2 Å². The molecule has 5 unspecified atom stereocenters. The van der Waals surface area contributed by atoms with Gasteiger partial charge in [-0.15, -0.1) is 0 Å². The van der Waals surface area contributed by atoms with Crippen LogP contribution in [0, 0.1) is 5.92 Å². The number of nitrogens with zero attached hydrogens (tertiary/aromatic N) is 1. The molecule has 0 aromatic heterocycles. The van der Waals surface area contributed by atoms with Gasteiger partial charge in [-0.1, -0.05) is 13.8 Å². The van der Waals surface area contributed by atoms with E-state index in [-0.39, 0.29) is 37.7 Å². The predicted octanol–water partition coefficient (Wildman–Crippen LogP) is -2.93. The summed E-state index contributed by atoms with van der Waals surface area (Å²) in [6.45, 7) is 5.32. The molecule has 14 nitrogen and oxygen atoms in total. The van der Waals surface area contributed by atoms with Crippen molar-refractivity contribution in [1.29, 1.82) is 0 Å². The molecule has 0 aliphatic heterocycles. The predicted molar refractivity (Wildman–Crippen MR) is 131 cm³/mol. The Balaban J connectivity index is 5.62. The number of aliphatic imine (C=N–C) groups is 1. The minimum Gasteiger partial charge on any atom is -0.480 e. The lowest BCUT2D eigenvalue weighted by atomic mass is 10.0. The van der Waals surface area contributed by atoms with Crippen LogP contribution in [0.4, 0.5) is 0 Å². The van der Waals surface area contributed by atoms with E-state index in [9.17, 15) is 29.4 Å². The molecule has 3 amide bonds. The fourth-order valence-corrected chi connectivity index (χ4v) is 3.02. The van der Waals surface area contributed by atoms with Gasteiger partial charge in [-0.3, -0.25) is 19.4 Å². The number of nitrogens with two attached hydrogens (primary N) is 4. The van der Waals surface area contributed by atoms with Gasteiger partial charge in [0, 0.05) is 6.54 Å². The van der Waals surface area contributed by atoms with Crippen molar-refractivity contribution in [1.82, 2.24) is 16.0 Å². The second-order valence-corrected chi connectivity index (χ2v) is 8.69. The Kier molecular flexibility index (Phi) is 15.2. The van der Waals surface area contributed by atoms with Gasteiger partial charge in [0.15, 0.2) is 12.0 Å². The molecule has 35 heavy (non-hydrogen) atoms. The molecule has 0 bridgehead atoms. The Morgan fingerprint density at radius 1 is 0.857 bits per heavy atom. The van der Waals surface area contributed by atoms with Crippen molar-refractivity contribution in [3.63, 3.8) is 0 Å². The van der Waals surface area contributed by atoms with E-state index in [4.69, 9.17) is 22.9 Å². The maximum absolute atomic E-state index is 13.1. The topological polar surface area (TPSA) is 261 Å². The van der Waals surface area contributed by atoms with E-state index in [2.05, 4.69) is 20.9 Å². The summed E-state index contributed by atoms with van der Waals surface area (Å²) in [6.07, 6.45) is 0.382. The number of guanidine groups is 1. The van der Waals surface area contributed by atoms with Crippen molar-refractivity contribution in [2.45, 2.75) is 83.1 Å². The Bertz CT molecular complexity index is 727. The largest absolute Gasteiger partial charge is 0.480 e. The lowest BCUT2D eigenvalue weighted by Gasteiger charge is -2.26. The second kappa shape index (κ2) is 16.6. The number of aliphatic hydroxyl groups is 1. The quantitative estimate of drug-likeness (QED) is 0.0555. The number of unbranched alkanes of at least 4 members (excludes halogenated alkanes) is 1. The van der Waals surface area contributed by atoms with Crippen molar-refractivity contribution >= 4 is 29.7 Å². The molecule has 0 saturated heterocycles. The van der Waals surface area contributed by atoms with Crippen LogP contribution in [0.2, 0.25) is 0 Å². The monoisotopic (exact) mass is 502 g/mol. The number of aliphatic carboxylic acids is 1. The molecule has 0 spiro atoms. The van der Waals surface area contributed by atoms with Crippen LogP contribution in [-0.4, -0.2) is 83.2 Å². The molecule has 13 N–H and O–H groups in total. The van der Waals surface area contributed by atoms with Crippen molar-refractivity contribution in [3.8, 4) is 0 Å². The van der Waals surface area contributed by atoms with Gasteiger partial charge < -0.3 is 49.1 Å².